The van der Waals surface area contributed by atoms with Crippen LogP contribution in [0.4, 0.5) is 8.78 Å². The first kappa shape index (κ1) is 19.6. The fourth-order valence-corrected chi connectivity index (χ4v) is 2.83. The molecular weight excluding hydrogens is 419 g/mol. The van der Waals surface area contributed by atoms with Crippen molar-refractivity contribution in [1.29, 1.82) is 0 Å². The van der Waals surface area contributed by atoms with Crippen LogP contribution in [0.2, 0.25) is 0 Å². The maximum absolute atomic E-state index is 14.2. The first-order chi connectivity index (χ1) is 10.9. The Morgan fingerprint density at radius 2 is 2.04 bits per heavy atom. The average Bonchev–Trinajstić information content (AvgIpc) is 2.53. The third-order valence-corrected chi connectivity index (χ3v) is 4.25. The molecule has 126 valence electrons. The van der Waals surface area contributed by atoms with Gasteiger partial charge in [-0.05, 0) is 53.1 Å². The number of hydrogen-bond acceptors (Lipinski definition) is 3. The second kappa shape index (κ2) is 9.67. The van der Waals surface area contributed by atoms with Crippen LogP contribution in [0.5, 0.6) is 0 Å². The smallest absolute Gasteiger partial charge is 0.338 e. The molecule has 1 aromatic carbocycles. The number of carbonyl (C=O) groups excluding carboxylic acids is 1. The summed E-state index contributed by atoms with van der Waals surface area (Å²) in [6, 6.07) is 3.97. The lowest BCUT2D eigenvalue weighted by atomic mass is 10.0. The molecule has 0 unspecified atom stereocenters. The van der Waals surface area contributed by atoms with Crippen molar-refractivity contribution in [2.24, 2.45) is 5.11 Å². The number of hydrogen-bond donors (Lipinski definition) is 0. The van der Waals surface area contributed by atoms with Crippen molar-refractivity contribution in [2.75, 3.05) is 13.7 Å². The van der Waals surface area contributed by atoms with E-state index in [4.69, 9.17) is 5.53 Å². The maximum atomic E-state index is 14.2. The van der Waals surface area contributed by atoms with E-state index in [2.05, 4.69) is 14.8 Å². The summed E-state index contributed by atoms with van der Waals surface area (Å²) in [4.78, 5) is 14.1. The molecule has 0 bridgehead atoms. The van der Waals surface area contributed by atoms with Gasteiger partial charge in [-0.1, -0.05) is 24.0 Å². The highest BCUT2D eigenvalue weighted by Gasteiger charge is 2.31. The summed E-state index contributed by atoms with van der Waals surface area (Å²) in [6.07, 6.45) is 2.27. The van der Waals surface area contributed by atoms with Gasteiger partial charge in [0, 0.05) is 27.0 Å². The lowest BCUT2D eigenvalue weighted by molar-refractivity contribution is -0.0159. The number of carbonyl (C=O) groups is 1. The number of methoxy groups -OCH3 is 1. The maximum Gasteiger partial charge on any atom is 0.338 e. The van der Waals surface area contributed by atoms with Crippen LogP contribution in [0.1, 0.15) is 48.0 Å². The molecular formula is C15H18F2IN3O2. The Morgan fingerprint density at radius 1 is 1.35 bits per heavy atom. The Labute approximate surface area is 147 Å². The molecule has 0 aliphatic heterocycles. The molecule has 0 heterocycles. The number of unbranched alkanes of at least 4 members (excludes halogenated alkanes) is 3. The summed E-state index contributed by atoms with van der Waals surface area (Å²) >= 11 is 1.85. The number of esters is 1. The molecule has 0 atom stereocenters. The number of benzene rings is 1. The van der Waals surface area contributed by atoms with Crippen molar-refractivity contribution in [2.45, 2.75) is 38.0 Å². The van der Waals surface area contributed by atoms with Gasteiger partial charge >= 0.3 is 5.97 Å². The number of halogens is 3. The van der Waals surface area contributed by atoms with Crippen LogP contribution in [0.25, 0.3) is 10.4 Å². The molecule has 1 aromatic rings. The van der Waals surface area contributed by atoms with Crippen molar-refractivity contribution in [3.05, 3.63) is 43.3 Å². The van der Waals surface area contributed by atoms with E-state index >= 15 is 0 Å². The highest BCUT2D eigenvalue weighted by Crippen LogP contribution is 2.35. The largest absolute Gasteiger partial charge is 0.465 e. The van der Waals surface area contributed by atoms with Gasteiger partial charge in [0.1, 0.15) is 0 Å². The topological polar surface area (TPSA) is 75.1 Å². The predicted octanol–water partition coefficient (Wildman–Crippen LogP) is 5.43. The molecule has 0 saturated heterocycles. The van der Waals surface area contributed by atoms with Crippen LogP contribution in [-0.2, 0) is 10.7 Å². The van der Waals surface area contributed by atoms with E-state index < -0.39 is 11.9 Å². The third-order valence-electron chi connectivity index (χ3n) is 3.36. The first-order valence-electron chi connectivity index (χ1n) is 7.19. The fraction of sp³-hybridized carbons (Fsp3) is 0.533. The summed E-state index contributed by atoms with van der Waals surface area (Å²) in [7, 11) is 1.25. The van der Waals surface area contributed by atoms with Gasteiger partial charge in [0.25, 0.3) is 5.92 Å². The van der Waals surface area contributed by atoms with Crippen LogP contribution in [0, 0.1) is 3.57 Å². The molecule has 23 heavy (non-hydrogen) atoms. The number of ether oxygens (including phenoxy) is 1. The SMILES string of the molecule is COC(=O)c1ccc(C(F)(F)CCCCCCN=[N+]=[N-])cc1I. The molecule has 0 amide bonds. The Kier molecular flexibility index (Phi) is 8.25. The fourth-order valence-electron chi connectivity index (χ4n) is 2.09. The van der Waals surface area contributed by atoms with Gasteiger partial charge in [-0.25, -0.2) is 13.6 Å². The zero-order valence-electron chi connectivity index (χ0n) is 12.8. The molecule has 0 radical (unpaired) electrons. The van der Waals surface area contributed by atoms with Crippen LogP contribution in [-0.4, -0.2) is 19.6 Å². The third kappa shape index (κ3) is 6.31. The van der Waals surface area contributed by atoms with Gasteiger partial charge in [0.15, 0.2) is 0 Å². The number of nitrogens with zero attached hydrogens (tertiary/aromatic N) is 3. The molecule has 0 N–H and O–H groups in total. The van der Waals surface area contributed by atoms with E-state index in [0.29, 0.717) is 29.4 Å². The molecule has 0 aromatic heterocycles. The summed E-state index contributed by atoms with van der Waals surface area (Å²) in [6.45, 7) is 0.403. The monoisotopic (exact) mass is 437 g/mol. The van der Waals surface area contributed by atoms with Crippen LogP contribution >= 0.6 is 22.6 Å². The molecule has 5 nitrogen and oxygen atoms in total. The van der Waals surface area contributed by atoms with Gasteiger partial charge in [-0.3, -0.25) is 0 Å². The van der Waals surface area contributed by atoms with Gasteiger partial charge < -0.3 is 4.74 Å². The van der Waals surface area contributed by atoms with Crippen molar-refractivity contribution < 1.29 is 18.3 Å². The van der Waals surface area contributed by atoms with E-state index in [1.807, 2.05) is 22.6 Å². The summed E-state index contributed by atoms with van der Waals surface area (Å²) < 4.78 is 33.4. The molecule has 0 aliphatic carbocycles. The van der Waals surface area contributed by atoms with Crippen LogP contribution in [0.3, 0.4) is 0 Å². The molecule has 0 saturated carbocycles. The van der Waals surface area contributed by atoms with Gasteiger partial charge in [-0.2, -0.15) is 0 Å². The van der Waals surface area contributed by atoms with E-state index in [9.17, 15) is 13.6 Å². The highest BCUT2D eigenvalue weighted by atomic mass is 127. The molecule has 8 heteroatoms. The minimum absolute atomic E-state index is 0.0939. The van der Waals surface area contributed by atoms with Gasteiger partial charge in [0.05, 0.1) is 12.7 Å². The van der Waals surface area contributed by atoms with Crippen LogP contribution in [0.15, 0.2) is 23.3 Å². The van der Waals surface area contributed by atoms with Gasteiger partial charge in [0.2, 0.25) is 0 Å². The quantitative estimate of drug-likeness (QED) is 0.129. The van der Waals surface area contributed by atoms with E-state index in [-0.39, 0.29) is 17.5 Å². The van der Waals surface area contributed by atoms with Crippen LogP contribution < -0.4 is 0 Å². The van der Waals surface area contributed by atoms with E-state index in [1.54, 1.807) is 0 Å². The van der Waals surface area contributed by atoms with Crippen molar-refractivity contribution in [3.8, 4) is 0 Å². The van der Waals surface area contributed by atoms with Crippen molar-refractivity contribution in [3.63, 3.8) is 0 Å². The predicted molar refractivity (Wildman–Crippen MR) is 91.5 cm³/mol. The van der Waals surface area contributed by atoms with Crippen molar-refractivity contribution >= 4 is 28.6 Å². The Hall–Kier alpha value is -1.41. The zero-order valence-corrected chi connectivity index (χ0v) is 14.9. The average molecular weight is 437 g/mol. The molecule has 0 fully saturated rings. The second-order valence-corrected chi connectivity index (χ2v) is 6.17. The van der Waals surface area contributed by atoms with E-state index in [0.717, 1.165) is 6.42 Å². The molecule has 1 rings (SSSR count). The number of azide groups is 1. The second-order valence-electron chi connectivity index (χ2n) is 5.01. The first-order valence-corrected chi connectivity index (χ1v) is 8.27. The Balaban J connectivity index is 2.57. The van der Waals surface area contributed by atoms with Crippen molar-refractivity contribution in [1.82, 2.24) is 0 Å². The minimum Gasteiger partial charge on any atom is -0.465 e. The number of alkyl halides is 2. The normalized spacial score (nSPS) is 11.0. The lowest BCUT2D eigenvalue weighted by Crippen LogP contribution is -2.14. The number of rotatable bonds is 9. The Morgan fingerprint density at radius 3 is 2.65 bits per heavy atom. The van der Waals surface area contributed by atoms with Gasteiger partial charge in [-0.15, -0.1) is 0 Å². The standard InChI is InChI=1S/C15H18F2IN3O2/c1-23-14(22)12-7-6-11(10-13(12)18)15(16,17)8-4-2-3-5-9-20-21-19/h6-7,10H,2-5,8-9H2,1H3. The summed E-state index contributed by atoms with van der Waals surface area (Å²) in [5.74, 6) is -3.47. The van der Waals surface area contributed by atoms with E-state index in [1.165, 1.54) is 25.3 Å². The Bertz CT molecular complexity index is 590. The molecule has 0 aliphatic rings. The summed E-state index contributed by atoms with van der Waals surface area (Å²) in [5.41, 5.74) is 8.31. The minimum atomic E-state index is -2.93. The lowest BCUT2D eigenvalue weighted by Gasteiger charge is -2.17. The summed E-state index contributed by atoms with van der Waals surface area (Å²) in [5, 5.41) is 3.40. The zero-order chi connectivity index (χ0) is 17.3. The highest BCUT2D eigenvalue weighted by molar-refractivity contribution is 14.1. The molecule has 0 spiro atoms.